The van der Waals surface area contributed by atoms with E-state index in [1.165, 1.54) is 11.8 Å². The molecular weight excluding hydrogens is 272 g/mol. The van der Waals surface area contributed by atoms with Gasteiger partial charge >= 0.3 is 0 Å². The van der Waals surface area contributed by atoms with Gasteiger partial charge in [-0.15, -0.1) is 0 Å². The van der Waals surface area contributed by atoms with Gasteiger partial charge in [-0.05, 0) is 42.8 Å². The van der Waals surface area contributed by atoms with Gasteiger partial charge in [-0.2, -0.15) is 0 Å². The SMILES string of the molecule is CCOc1ccc(/C=C/C(=O)SCc2ccco2)cc1. The topological polar surface area (TPSA) is 39.4 Å². The summed E-state index contributed by atoms with van der Waals surface area (Å²) in [5.74, 6) is 2.19. The minimum absolute atomic E-state index is 0.00952. The first kappa shape index (κ1) is 14.5. The Morgan fingerprint density at radius 2 is 2.10 bits per heavy atom. The summed E-state index contributed by atoms with van der Waals surface area (Å²) < 4.78 is 10.5. The number of furan rings is 1. The van der Waals surface area contributed by atoms with Crippen LogP contribution >= 0.6 is 11.8 Å². The van der Waals surface area contributed by atoms with Crippen molar-refractivity contribution < 1.29 is 13.9 Å². The molecule has 104 valence electrons. The zero-order valence-electron chi connectivity index (χ0n) is 11.2. The third-order valence-electron chi connectivity index (χ3n) is 2.54. The van der Waals surface area contributed by atoms with E-state index in [1.54, 1.807) is 18.4 Å². The highest BCUT2D eigenvalue weighted by Crippen LogP contribution is 2.16. The third-order valence-corrected chi connectivity index (χ3v) is 3.39. The second-order valence-corrected chi connectivity index (χ2v) is 5.00. The maximum Gasteiger partial charge on any atom is 0.212 e. The minimum Gasteiger partial charge on any atom is -0.494 e. The molecule has 4 heteroatoms. The van der Waals surface area contributed by atoms with Gasteiger partial charge < -0.3 is 9.15 Å². The van der Waals surface area contributed by atoms with Crippen LogP contribution in [0.5, 0.6) is 5.75 Å². The molecule has 2 aromatic rings. The minimum atomic E-state index is 0.00952. The summed E-state index contributed by atoms with van der Waals surface area (Å²) in [4.78, 5) is 11.7. The van der Waals surface area contributed by atoms with E-state index in [9.17, 15) is 4.79 Å². The van der Waals surface area contributed by atoms with Crippen molar-refractivity contribution in [3.63, 3.8) is 0 Å². The molecule has 1 heterocycles. The van der Waals surface area contributed by atoms with E-state index in [4.69, 9.17) is 9.15 Å². The van der Waals surface area contributed by atoms with E-state index in [0.29, 0.717) is 12.4 Å². The van der Waals surface area contributed by atoms with Gasteiger partial charge in [0.05, 0.1) is 18.6 Å². The fraction of sp³-hybridized carbons (Fsp3) is 0.188. The largest absolute Gasteiger partial charge is 0.494 e. The van der Waals surface area contributed by atoms with Crippen LogP contribution < -0.4 is 4.74 Å². The Balaban J connectivity index is 1.83. The first-order valence-corrected chi connectivity index (χ1v) is 7.36. The lowest BCUT2D eigenvalue weighted by Crippen LogP contribution is -1.90. The second-order valence-electron chi connectivity index (χ2n) is 4.02. The van der Waals surface area contributed by atoms with Crippen molar-refractivity contribution in [1.82, 2.24) is 0 Å². The highest BCUT2D eigenvalue weighted by atomic mass is 32.2. The first-order chi connectivity index (χ1) is 9.78. The smallest absolute Gasteiger partial charge is 0.212 e. The second kappa shape index (κ2) is 7.60. The molecule has 0 amide bonds. The molecule has 0 aliphatic heterocycles. The maximum atomic E-state index is 11.7. The van der Waals surface area contributed by atoms with E-state index < -0.39 is 0 Å². The molecule has 3 nitrogen and oxygen atoms in total. The Morgan fingerprint density at radius 3 is 2.75 bits per heavy atom. The van der Waals surface area contributed by atoms with Gasteiger partial charge in [-0.1, -0.05) is 30.0 Å². The summed E-state index contributed by atoms with van der Waals surface area (Å²) in [6, 6.07) is 11.3. The molecule has 1 aromatic heterocycles. The van der Waals surface area contributed by atoms with Crippen LogP contribution in [-0.4, -0.2) is 11.7 Å². The molecule has 0 bridgehead atoms. The lowest BCUT2D eigenvalue weighted by Gasteiger charge is -2.02. The van der Waals surface area contributed by atoms with Crippen molar-refractivity contribution in [2.24, 2.45) is 0 Å². The number of ether oxygens (including phenoxy) is 1. The van der Waals surface area contributed by atoms with Crippen molar-refractivity contribution in [3.05, 3.63) is 60.1 Å². The summed E-state index contributed by atoms with van der Waals surface area (Å²) >= 11 is 1.22. The number of carbonyl (C=O) groups is 1. The lowest BCUT2D eigenvalue weighted by molar-refractivity contribution is -0.107. The van der Waals surface area contributed by atoms with E-state index >= 15 is 0 Å². The van der Waals surface area contributed by atoms with Crippen molar-refractivity contribution in [1.29, 1.82) is 0 Å². The van der Waals surface area contributed by atoms with Gasteiger partial charge in [0.15, 0.2) is 0 Å². The van der Waals surface area contributed by atoms with Crippen LogP contribution in [-0.2, 0) is 10.5 Å². The molecule has 0 saturated heterocycles. The van der Waals surface area contributed by atoms with E-state index in [1.807, 2.05) is 43.3 Å². The van der Waals surface area contributed by atoms with Crippen molar-refractivity contribution in [2.45, 2.75) is 12.7 Å². The molecule has 0 radical (unpaired) electrons. The van der Waals surface area contributed by atoms with Crippen molar-refractivity contribution >= 4 is 23.0 Å². The van der Waals surface area contributed by atoms with Crippen LogP contribution in [0.15, 0.2) is 53.2 Å². The molecule has 0 saturated carbocycles. The molecule has 0 fully saturated rings. The normalized spacial score (nSPS) is 10.8. The first-order valence-electron chi connectivity index (χ1n) is 6.38. The number of hydrogen-bond donors (Lipinski definition) is 0. The Hall–Kier alpha value is -1.94. The van der Waals surface area contributed by atoms with Crippen LogP contribution in [0.1, 0.15) is 18.2 Å². The van der Waals surface area contributed by atoms with E-state index in [-0.39, 0.29) is 5.12 Å². The number of benzene rings is 1. The standard InChI is InChI=1S/C16H16O3S/c1-2-18-14-8-5-13(6-9-14)7-10-16(17)20-12-15-4-3-11-19-15/h3-11H,2,12H2,1H3/b10-7+. The van der Waals surface area contributed by atoms with Gasteiger partial charge in [0.2, 0.25) is 5.12 Å². The zero-order chi connectivity index (χ0) is 14.2. The van der Waals surface area contributed by atoms with Gasteiger partial charge in [-0.25, -0.2) is 0 Å². The van der Waals surface area contributed by atoms with Crippen LogP contribution in [0, 0.1) is 0 Å². The Labute approximate surface area is 122 Å². The molecule has 0 atom stereocenters. The predicted molar refractivity (Wildman–Crippen MR) is 81.7 cm³/mol. The molecule has 0 unspecified atom stereocenters. The molecule has 20 heavy (non-hydrogen) atoms. The van der Waals surface area contributed by atoms with Gasteiger partial charge in [-0.3, -0.25) is 4.79 Å². The Kier molecular flexibility index (Phi) is 5.50. The van der Waals surface area contributed by atoms with E-state index in [0.717, 1.165) is 17.1 Å². The fourth-order valence-electron chi connectivity index (χ4n) is 1.59. The molecule has 1 aromatic carbocycles. The molecule has 0 spiro atoms. The number of rotatable bonds is 6. The molecule has 2 rings (SSSR count). The zero-order valence-corrected chi connectivity index (χ0v) is 12.1. The van der Waals surface area contributed by atoms with Crippen LogP contribution in [0.25, 0.3) is 6.08 Å². The molecule has 0 N–H and O–H groups in total. The summed E-state index contributed by atoms with van der Waals surface area (Å²) in [6.07, 6.45) is 4.98. The van der Waals surface area contributed by atoms with Crippen molar-refractivity contribution in [2.75, 3.05) is 6.61 Å². The fourth-order valence-corrected chi connectivity index (χ4v) is 2.20. The van der Waals surface area contributed by atoms with Crippen LogP contribution in [0.4, 0.5) is 0 Å². The third kappa shape index (κ3) is 4.63. The highest BCUT2D eigenvalue weighted by Gasteiger charge is 2.01. The van der Waals surface area contributed by atoms with Gasteiger partial charge in [0.25, 0.3) is 0 Å². The summed E-state index contributed by atoms with van der Waals surface area (Å²) in [7, 11) is 0. The monoisotopic (exact) mass is 288 g/mol. The predicted octanol–water partition coefficient (Wildman–Crippen LogP) is 4.15. The number of thioether (sulfide) groups is 1. The van der Waals surface area contributed by atoms with Crippen molar-refractivity contribution in [3.8, 4) is 5.75 Å². The average molecular weight is 288 g/mol. The highest BCUT2D eigenvalue weighted by molar-refractivity contribution is 8.13. The molecule has 0 aliphatic carbocycles. The maximum absolute atomic E-state index is 11.7. The lowest BCUT2D eigenvalue weighted by atomic mass is 10.2. The quantitative estimate of drug-likeness (QED) is 0.748. The Bertz CT molecular complexity index is 556. The number of hydrogen-bond acceptors (Lipinski definition) is 4. The summed E-state index contributed by atoms with van der Waals surface area (Å²) in [6.45, 7) is 2.60. The number of carbonyl (C=O) groups excluding carboxylic acids is 1. The van der Waals surface area contributed by atoms with Gasteiger partial charge in [0, 0.05) is 0 Å². The van der Waals surface area contributed by atoms with Crippen LogP contribution in [0.2, 0.25) is 0 Å². The summed E-state index contributed by atoms with van der Waals surface area (Å²) in [5.41, 5.74) is 0.973. The van der Waals surface area contributed by atoms with E-state index in [2.05, 4.69) is 0 Å². The van der Waals surface area contributed by atoms with Crippen LogP contribution in [0.3, 0.4) is 0 Å². The molecular formula is C16H16O3S. The average Bonchev–Trinajstić information content (AvgIpc) is 2.98. The summed E-state index contributed by atoms with van der Waals surface area (Å²) in [5, 5.41) is 0.00952. The van der Waals surface area contributed by atoms with Gasteiger partial charge in [0.1, 0.15) is 11.5 Å². The Morgan fingerprint density at radius 1 is 1.30 bits per heavy atom. The molecule has 0 aliphatic rings.